The number of hydrogen-bond donors (Lipinski definition) is 0. The highest BCUT2D eigenvalue weighted by atomic mass is 16.5. The van der Waals surface area contributed by atoms with E-state index in [1.54, 1.807) is 4.90 Å². The number of anilines is 1. The summed E-state index contributed by atoms with van der Waals surface area (Å²) in [6, 6.07) is 7.51. The third-order valence-corrected chi connectivity index (χ3v) is 4.90. The monoisotopic (exact) mass is 330 g/mol. The van der Waals surface area contributed by atoms with Crippen LogP contribution in [0.4, 0.5) is 5.69 Å². The average Bonchev–Trinajstić information content (AvgIpc) is 2.97. The Morgan fingerprint density at radius 3 is 2.67 bits per heavy atom. The molecule has 5 nitrogen and oxygen atoms in total. The van der Waals surface area contributed by atoms with E-state index in [2.05, 4.69) is 6.92 Å². The van der Waals surface area contributed by atoms with Crippen molar-refractivity contribution in [1.82, 2.24) is 4.90 Å². The van der Waals surface area contributed by atoms with Crippen molar-refractivity contribution < 1.29 is 14.3 Å². The fourth-order valence-corrected chi connectivity index (χ4v) is 3.66. The summed E-state index contributed by atoms with van der Waals surface area (Å²) in [5.41, 5.74) is 0.839. The maximum atomic E-state index is 12.7. The van der Waals surface area contributed by atoms with Crippen LogP contribution in [0.2, 0.25) is 0 Å². The quantitative estimate of drug-likeness (QED) is 0.853. The minimum Gasteiger partial charge on any atom is -0.494 e. The first-order chi connectivity index (χ1) is 11.6. The van der Waals surface area contributed by atoms with E-state index in [1.165, 1.54) is 6.42 Å². The molecule has 2 amide bonds. The highest BCUT2D eigenvalue weighted by Gasteiger charge is 2.37. The number of rotatable bonds is 4. The first-order valence-corrected chi connectivity index (χ1v) is 8.90. The van der Waals surface area contributed by atoms with E-state index in [0.29, 0.717) is 25.5 Å². The molecule has 2 atom stereocenters. The predicted octanol–water partition coefficient (Wildman–Crippen LogP) is 2.70. The van der Waals surface area contributed by atoms with E-state index >= 15 is 0 Å². The van der Waals surface area contributed by atoms with Crippen LogP contribution in [-0.4, -0.2) is 43.0 Å². The average molecular weight is 330 g/mol. The third kappa shape index (κ3) is 3.55. The summed E-state index contributed by atoms with van der Waals surface area (Å²) >= 11 is 0. The molecule has 3 rings (SSSR count). The lowest BCUT2D eigenvalue weighted by Crippen LogP contribution is -2.43. The van der Waals surface area contributed by atoms with Crippen molar-refractivity contribution in [2.75, 3.05) is 31.1 Å². The van der Waals surface area contributed by atoms with Gasteiger partial charge >= 0.3 is 0 Å². The molecule has 0 saturated carbocycles. The summed E-state index contributed by atoms with van der Waals surface area (Å²) < 4.78 is 5.43. The van der Waals surface area contributed by atoms with Gasteiger partial charge in [-0.15, -0.1) is 0 Å². The highest BCUT2D eigenvalue weighted by molar-refractivity contribution is 6.00. The van der Waals surface area contributed by atoms with E-state index < -0.39 is 0 Å². The van der Waals surface area contributed by atoms with E-state index in [0.717, 1.165) is 30.9 Å². The minimum atomic E-state index is -0.214. The van der Waals surface area contributed by atoms with Gasteiger partial charge in [0.05, 0.1) is 12.5 Å². The molecule has 0 unspecified atom stereocenters. The van der Waals surface area contributed by atoms with Gasteiger partial charge in [-0.25, -0.2) is 0 Å². The number of nitrogens with zero attached hydrogens (tertiary/aromatic N) is 2. The van der Waals surface area contributed by atoms with Crippen molar-refractivity contribution in [3.05, 3.63) is 24.3 Å². The van der Waals surface area contributed by atoms with Gasteiger partial charge in [-0.05, 0) is 49.9 Å². The maximum absolute atomic E-state index is 12.7. The summed E-state index contributed by atoms with van der Waals surface area (Å²) in [5.74, 6) is 1.31. The van der Waals surface area contributed by atoms with E-state index in [-0.39, 0.29) is 17.7 Å². The number of benzene rings is 1. The zero-order valence-electron chi connectivity index (χ0n) is 14.5. The Balaban J connectivity index is 1.65. The Labute approximate surface area is 143 Å². The van der Waals surface area contributed by atoms with E-state index in [9.17, 15) is 9.59 Å². The molecule has 0 spiro atoms. The molecule has 1 aromatic rings. The van der Waals surface area contributed by atoms with Crippen molar-refractivity contribution in [3.63, 3.8) is 0 Å². The molecule has 0 aromatic heterocycles. The van der Waals surface area contributed by atoms with E-state index in [4.69, 9.17) is 4.74 Å². The van der Waals surface area contributed by atoms with Crippen molar-refractivity contribution in [2.45, 2.75) is 33.1 Å². The van der Waals surface area contributed by atoms with Crippen LogP contribution in [0.3, 0.4) is 0 Å². The Kier molecular flexibility index (Phi) is 5.07. The molecule has 2 heterocycles. The normalized spacial score (nSPS) is 24.3. The number of carbonyl (C=O) groups is 2. The topological polar surface area (TPSA) is 49.9 Å². The van der Waals surface area contributed by atoms with Crippen molar-refractivity contribution in [3.8, 4) is 5.75 Å². The molecule has 1 aromatic carbocycles. The van der Waals surface area contributed by atoms with Gasteiger partial charge in [0.2, 0.25) is 11.8 Å². The number of carbonyl (C=O) groups excluding carboxylic acids is 2. The fourth-order valence-electron chi connectivity index (χ4n) is 3.66. The third-order valence-electron chi connectivity index (χ3n) is 4.90. The second-order valence-electron chi connectivity index (χ2n) is 6.86. The summed E-state index contributed by atoms with van der Waals surface area (Å²) in [7, 11) is 0. The fraction of sp³-hybridized carbons (Fsp3) is 0.579. The zero-order valence-corrected chi connectivity index (χ0v) is 14.5. The second-order valence-corrected chi connectivity index (χ2v) is 6.86. The lowest BCUT2D eigenvalue weighted by Gasteiger charge is -2.32. The molecule has 0 aliphatic carbocycles. The van der Waals surface area contributed by atoms with Crippen molar-refractivity contribution in [1.29, 1.82) is 0 Å². The van der Waals surface area contributed by atoms with Crippen LogP contribution in [0.1, 0.15) is 33.1 Å². The molecule has 130 valence electrons. The Hall–Kier alpha value is -2.04. The molecule has 2 fully saturated rings. The molecule has 2 aliphatic heterocycles. The summed E-state index contributed by atoms with van der Waals surface area (Å²) in [6.07, 6.45) is 2.57. The number of piperidine rings is 1. The number of hydrogen-bond acceptors (Lipinski definition) is 3. The summed E-state index contributed by atoms with van der Waals surface area (Å²) in [5, 5.41) is 0. The lowest BCUT2D eigenvalue weighted by atomic mass is 9.98. The molecule has 5 heteroatoms. The second kappa shape index (κ2) is 7.24. The van der Waals surface area contributed by atoms with Crippen LogP contribution >= 0.6 is 0 Å². The summed E-state index contributed by atoms with van der Waals surface area (Å²) in [4.78, 5) is 28.8. The lowest BCUT2D eigenvalue weighted by molar-refractivity contribution is -0.137. The smallest absolute Gasteiger partial charge is 0.228 e. The first kappa shape index (κ1) is 16.8. The SMILES string of the molecule is CCOc1ccc(N2C[C@@H](C(=O)N3CCC[C@@H](C)C3)CC2=O)cc1. The van der Waals surface area contributed by atoms with Crippen molar-refractivity contribution in [2.24, 2.45) is 11.8 Å². The van der Waals surface area contributed by atoms with Crippen LogP contribution in [0, 0.1) is 11.8 Å². The number of likely N-dealkylation sites (tertiary alicyclic amines) is 1. The first-order valence-electron chi connectivity index (χ1n) is 8.90. The van der Waals surface area contributed by atoms with Gasteiger partial charge in [-0.2, -0.15) is 0 Å². The van der Waals surface area contributed by atoms with Gasteiger partial charge in [-0.1, -0.05) is 6.92 Å². The molecule has 0 radical (unpaired) electrons. The van der Waals surface area contributed by atoms with Crippen LogP contribution in [0.25, 0.3) is 0 Å². The van der Waals surface area contributed by atoms with Crippen LogP contribution in [0.15, 0.2) is 24.3 Å². The highest BCUT2D eigenvalue weighted by Crippen LogP contribution is 2.29. The molecular formula is C19H26N2O3. The Bertz CT molecular complexity index is 599. The number of amides is 2. The van der Waals surface area contributed by atoms with Gasteiger partial charge < -0.3 is 14.5 Å². The standard InChI is InChI=1S/C19H26N2O3/c1-3-24-17-8-6-16(7-9-17)21-13-15(11-18(21)22)19(23)20-10-4-5-14(2)12-20/h6-9,14-15H,3-5,10-13H2,1-2H3/t14-,15+/m1/s1. The van der Waals surface area contributed by atoms with Crippen LogP contribution in [0.5, 0.6) is 5.75 Å². The Morgan fingerprint density at radius 2 is 2.00 bits per heavy atom. The predicted molar refractivity (Wildman–Crippen MR) is 93.0 cm³/mol. The van der Waals surface area contributed by atoms with Gasteiger partial charge in [-0.3, -0.25) is 9.59 Å². The van der Waals surface area contributed by atoms with Crippen LogP contribution in [-0.2, 0) is 9.59 Å². The van der Waals surface area contributed by atoms with E-state index in [1.807, 2.05) is 36.1 Å². The van der Waals surface area contributed by atoms with Gasteiger partial charge in [0.1, 0.15) is 5.75 Å². The minimum absolute atomic E-state index is 0.0302. The molecule has 2 saturated heterocycles. The van der Waals surface area contributed by atoms with Crippen molar-refractivity contribution >= 4 is 17.5 Å². The molecule has 24 heavy (non-hydrogen) atoms. The van der Waals surface area contributed by atoms with Gasteiger partial charge in [0, 0.05) is 31.7 Å². The van der Waals surface area contributed by atoms with Gasteiger partial charge in [0.15, 0.2) is 0 Å². The number of ether oxygens (including phenoxy) is 1. The zero-order chi connectivity index (χ0) is 17.1. The maximum Gasteiger partial charge on any atom is 0.228 e. The summed E-state index contributed by atoms with van der Waals surface area (Å²) in [6.45, 7) is 6.88. The van der Waals surface area contributed by atoms with Gasteiger partial charge in [0.25, 0.3) is 0 Å². The largest absolute Gasteiger partial charge is 0.494 e. The van der Waals surface area contributed by atoms with Crippen LogP contribution < -0.4 is 9.64 Å². The molecular weight excluding hydrogens is 304 g/mol. The molecule has 0 N–H and O–H groups in total. The Morgan fingerprint density at radius 1 is 1.25 bits per heavy atom. The molecule has 0 bridgehead atoms. The molecule has 2 aliphatic rings.